The predicted molar refractivity (Wildman–Crippen MR) is 50.3 cm³/mol. The van der Waals surface area contributed by atoms with Crippen LogP contribution in [-0.2, 0) is 0 Å². The van der Waals surface area contributed by atoms with Crippen LogP contribution in [-0.4, -0.2) is 0 Å². The van der Waals surface area contributed by atoms with Gasteiger partial charge < -0.3 is 4.42 Å². The Hall–Kier alpha value is -1.81. The van der Waals surface area contributed by atoms with Gasteiger partial charge in [-0.15, -0.1) is 0 Å². The highest BCUT2D eigenvalue weighted by Crippen LogP contribution is 2.13. The third-order valence-corrected chi connectivity index (χ3v) is 1.78. The number of anilines is 1. The largest absolute Gasteiger partial charge is 0.439 e. The van der Waals surface area contributed by atoms with Crippen molar-refractivity contribution >= 4 is 16.9 Å². The van der Waals surface area contributed by atoms with Gasteiger partial charge in [-0.3, -0.25) is 10.2 Å². The normalized spacial score (nSPS) is 10.2. The Kier molecular flexibility index (Phi) is 1.75. The molecule has 13 heavy (non-hydrogen) atoms. The first kappa shape index (κ1) is 7.82. The second-order valence-electron chi connectivity index (χ2n) is 2.62. The lowest BCUT2D eigenvalue weighted by Crippen LogP contribution is -2.10. The van der Waals surface area contributed by atoms with Crippen molar-refractivity contribution in [3.63, 3.8) is 0 Å². The van der Waals surface area contributed by atoms with Crippen LogP contribution >= 0.6 is 0 Å². The molecule has 3 N–H and O–H groups in total. The number of hydrogen-bond donors (Lipinski definition) is 2. The van der Waals surface area contributed by atoms with E-state index in [4.69, 9.17) is 10.3 Å². The topological polar surface area (TPSA) is 68.3 Å². The van der Waals surface area contributed by atoms with Crippen LogP contribution in [0.4, 0.5) is 5.88 Å². The summed E-state index contributed by atoms with van der Waals surface area (Å²) in [6.45, 7) is 0. The third kappa shape index (κ3) is 1.27. The third-order valence-electron chi connectivity index (χ3n) is 1.78. The Morgan fingerprint density at radius 1 is 1.31 bits per heavy atom. The van der Waals surface area contributed by atoms with E-state index in [1.165, 1.54) is 6.07 Å². The molecule has 0 aliphatic rings. The second-order valence-corrected chi connectivity index (χ2v) is 2.62. The van der Waals surface area contributed by atoms with Gasteiger partial charge in [0.25, 0.3) is 0 Å². The second kappa shape index (κ2) is 2.91. The molecule has 0 bridgehead atoms. The number of benzene rings is 1. The summed E-state index contributed by atoms with van der Waals surface area (Å²) in [6.07, 6.45) is 0. The molecule has 66 valence electrons. The molecule has 4 nitrogen and oxygen atoms in total. The lowest BCUT2D eigenvalue weighted by Gasteiger charge is -1.99. The van der Waals surface area contributed by atoms with Crippen LogP contribution in [0.2, 0.25) is 0 Å². The molecule has 0 fully saturated rings. The van der Waals surface area contributed by atoms with Crippen LogP contribution in [0.1, 0.15) is 0 Å². The van der Waals surface area contributed by atoms with Crippen molar-refractivity contribution < 1.29 is 4.42 Å². The number of fused-ring (bicyclic) bond motifs is 1. The monoisotopic (exact) mass is 176 g/mol. The van der Waals surface area contributed by atoms with Gasteiger partial charge in [-0.25, -0.2) is 5.84 Å². The van der Waals surface area contributed by atoms with E-state index in [1.54, 1.807) is 24.3 Å². The Morgan fingerprint density at radius 3 is 2.85 bits per heavy atom. The molecule has 1 aromatic heterocycles. The zero-order valence-corrected chi connectivity index (χ0v) is 6.78. The maximum Gasteiger partial charge on any atom is 0.211 e. The molecule has 0 amide bonds. The Balaban J connectivity index is 2.85. The van der Waals surface area contributed by atoms with Crippen molar-refractivity contribution in [2.45, 2.75) is 0 Å². The molecular weight excluding hydrogens is 168 g/mol. The van der Waals surface area contributed by atoms with E-state index in [9.17, 15) is 4.79 Å². The van der Waals surface area contributed by atoms with E-state index in [0.29, 0.717) is 11.0 Å². The van der Waals surface area contributed by atoms with Gasteiger partial charge in [-0.05, 0) is 12.1 Å². The van der Waals surface area contributed by atoms with Crippen LogP contribution in [0.25, 0.3) is 11.0 Å². The maximum atomic E-state index is 11.4. The van der Waals surface area contributed by atoms with Crippen molar-refractivity contribution in [1.29, 1.82) is 0 Å². The minimum Gasteiger partial charge on any atom is -0.439 e. The molecule has 0 radical (unpaired) electrons. The Bertz CT molecular complexity index is 490. The average Bonchev–Trinajstić information content (AvgIpc) is 2.18. The van der Waals surface area contributed by atoms with Gasteiger partial charge in [0, 0.05) is 6.07 Å². The fraction of sp³-hybridized carbons (Fsp3) is 0. The molecule has 0 aliphatic carbocycles. The Labute approximate surface area is 73.9 Å². The molecule has 0 saturated carbocycles. The molecule has 2 rings (SSSR count). The van der Waals surface area contributed by atoms with E-state index >= 15 is 0 Å². The summed E-state index contributed by atoms with van der Waals surface area (Å²) in [5, 5.41) is 0.557. The van der Waals surface area contributed by atoms with E-state index < -0.39 is 0 Å². The predicted octanol–water partition coefficient (Wildman–Crippen LogP) is 1.08. The van der Waals surface area contributed by atoms with Gasteiger partial charge in [-0.1, -0.05) is 12.1 Å². The zero-order valence-electron chi connectivity index (χ0n) is 6.78. The van der Waals surface area contributed by atoms with E-state index in [1.807, 2.05) is 0 Å². The van der Waals surface area contributed by atoms with Crippen LogP contribution in [0.5, 0.6) is 0 Å². The number of nitrogens with two attached hydrogens (primary N) is 1. The average molecular weight is 176 g/mol. The van der Waals surface area contributed by atoms with E-state index in [0.717, 1.165) is 0 Å². The quantitative estimate of drug-likeness (QED) is 0.504. The molecule has 1 heterocycles. The summed E-state index contributed by atoms with van der Waals surface area (Å²) < 4.78 is 5.26. The minimum absolute atomic E-state index is 0.102. The highest BCUT2D eigenvalue weighted by Gasteiger charge is 2.01. The van der Waals surface area contributed by atoms with Gasteiger partial charge in [0.1, 0.15) is 5.58 Å². The van der Waals surface area contributed by atoms with Crippen molar-refractivity contribution in [2.75, 3.05) is 5.43 Å². The first-order valence-electron chi connectivity index (χ1n) is 3.81. The maximum absolute atomic E-state index is 11.4. The van der Waals surface area contributed by atoms with Crippen molar-refractivity contribution in [2.24, 2.45) is 5.84 Å². The van der Waals surface area contributed by atoms with Crippen LogP contribution in [0.15, 0.2) is 39.5 Å². The number of nitrogen functional groups attached to an aromatic ring is 1. The summed E-state index contributed by atoms with van der Waals surface area (Å²) >= 11 is 0. The number of hydrogen-bond acceptors (Lipinski definition) is 4. The first-order valence-corrected chi connectivity index (χ1v) is 3.81. The molecular formula is C9H8N2O2. The Morgan fingerprint density at radius 2 is 2.08 bits per heavy atom. The standard InChI is InChI=1S/C9H8N2O2/c10-11-9-5-7(12)6-3-1-2-4-8(6)13-9/h1-5,11H,10H2. The van der Waals surface area contributed by atoms with E-state index in [2.05, 4.69) is 5.43 Å². The van der Waals surface area contributed by atoms with Crippen LogP contribution < -0.4 is 16.7 Å². The summed E-state index contributed by atoms with van der Waals surface area (Å²) in [5.74, 6) is 5.39. The molecule has 1 aromatic carbocycles. The SMILES string of the molecule is NNc1cc(=O)c2ccccc2o1. The number of hydrazine groups is 1. The molecule has 0 saturated heterocycles. The number of nitrogens with one attached hydrogen (secondary N) is 1. The van der Waals surface area contributed by atoms with Gasteiger partial charge >= 0.3 is 0 Å². The van der Waals surface area contributed by atoms with Crippen LogP contribution in [0.3, 0.4) is 0 Å². The number of rotatable bonds is 1. The van der Waals surface area contributed by atoms with Crippen molar-refractivity contribution in [3.05, 3.63) is 40.6 Å². The summed E-state index contributed by atoms with van der Waals surface area (Å²) in [7, 11) is 0. The smallest absolute Gasteiger partial charge is 0.211 e. The minimum atomic E-state index is -0.102. The van der Waals surface area contributed by atoms with Crippen molar-refractivity contribution in [1.82, 2.24) is 0 Å². The van der Waals surface area contributed by atoms with Crippen molar-refractivity contribution in [3.8, 4) is 0 Å². The molecule has 4 heteroatoms. The summed E-state index contributed by atoms with van der Waals surface area (Å²) in [4.78, 5) is 11.4. The van der Waals surface area contributed by atoms with Gasteiger partial charge in [-0.2, -0.15) is 0 Å². The lowest BCUT2D eigenvalue weighted by molar-refractivity contribution is 0.616. The van der Waals surface area contributed by atoms with Crippen LogP contribution in [0, 0.1) is 0 Å². The molecule has 2 aromatic rings. The van der Waals surface area contributed by atoms with Gasteiger partial charge in [0.05, 0.1) is 5.39 Å². The van der Waals surface area contributed by atoms with Gasteiger partial charge in [0.15, 0.2) is 5.43 Å². The fourth-order valence-electron chi connectivity index (χ4n) is 1.18. The highest BCUT2D eigenvalue weighted by atomic mass is 16.3. The fourth-order valence-corrected chi connectivity index (χ4v) is 1.18. The molecule has 0 spiro atoms. The first-order chi connectivity index (χ1) is 6.31. The van der Waals surface area contributed by atoms with E-state index in [-0.39, 0.29) is 11.3 Å². The van der Waals surface area contributed by atoms with Gasteiger partial charge in [0.2, 0.25) is 5.88 Å². The summed E-state index contributed by atoms with van der Waals surface area (Å²) in [6, 6.07) is 8.34. The molecule has 0 atom stereocenters. The number of para-hydroxylation sites is 1. The summed E-state index contributed by atoms with van der Waals surface area (Å²) in [5.41, 5.74) is 2.72. The highest BCUT2D eigenvalue weighted by molar-refractivity contribution is 5.77. The molecule has 0 unspecified atom stereocenters. The lowest BCUT2D eigenvalue weighted by atomic mass is 10.2. The zero-order chi connectivity index (χ0) is 9.26. The molecule has 0 aliphatic heterocycles.